The molecular weight excluding hydrogens is 406 g/mol. The lowest BCUT2D eigenvalue weighted by Crippen LogP contribution is -2.43. The molecule has 1 aliphatic rings. The Hall–Kier alpha value is -2.63. The average molecular weight is 422 g/mol. The summed E-state index contributed by atoms with van der Waals surface area (Å²) in [5, 5.41) is 17.0. The normalized spacial score (nSPS) is 16.5. The van der Waals surface area contributed by atoms with Crippen molar-refractivity contribution >= 4 is 5.91 Å². The lowest BCUT2D eigenvalue weighted by Gasteiger charge is -2.31. The molecule has 0 radical (unpaired) electrons. The first-order chi connectivity index (χ1) is 13.4. The van der Waals surface area contributed by atoms with Gasteiger partial charge in [0.15, 0.2) is 17.5 Å². The van der Waals surface area contributed by atoms with E-state index in [0.717, 1.165) is 4.57 Å². The first-order valence-corrected chi connectivity index (χ1v) is 8.50. The maximum Gasteiger partial charge on any atom is 0.451 e. The summed E-state index contributed by atoms with van der Waals surface area (Å²) in [5.41, 5.74) is -2.11. The number of aromatic nitrogens is 3. The molecule has 1 N–H and O–H groups in total. The number of hydrogen-bond acceptors (Lipinski definition) is 4. The fourth-order valence-corrected chi connectivity index (χ4v) is 3.19. The third-order valence-corrected chi connectivity index (χ3v) is 4.55. The van der Waals surface area contributed by atoms with Crippen molar-refractivity contribution in [3.05, 3.63) is 46.8 Å². The van der Waals surface area contributed by atoms with Crippen LogP contribution in [0.4, 0.5) is 26.3 Å². The van der Waals surface area contributed by atoms with Gasteiger partial charge in [0.2, 0.25) is 11.7 Å². The summed E-state index contributed by atoms with van der Waals surface area (Å²) in [6.45, 7) is 0.739. The monoisotopic (exact) mass is 422 g/mol. The van der Waals surface area contributed by atoms with Crippen molar-refractivity contribution in [1.29, 1.82) is 0 Å². The first kappa shape index (κ1) is 21.1. The minimum atomic E-state index is -4.67. The number of alkyl halides is 3. The molecule has 2 heterocycles. The summed E-state index contributed by atoms with van der Waals surface area (Å²) < 4.78 is 79.6. The molecule has 0 aliphatic carbocycles. The Bertz CT molecular complexity index is 941. The van der Waals surface area contributed by atoms with Crippen LogP contribution in [0.2, 0.25) is 0 Å². The molecule has 0 fully saturated rings. The van der Waals surface area contributed by atoms with E-state index in [1.807, 2.05) is 0 Å². The van der Waals surface area contributed by atoms with Crippen LogP contribution in [0, 0.1) is 17.5 Å². The summed E-state index contributed by atoms with van der Waals surface area (Å²) in [4.78, 5) is 13.7. The van der Waals surface area contributed by atoms with Gasteiger partial charge in [-0.2, -0.15) is 13.2 Å². The highest BCUT2D eigenvalue weighted by molar-refractivity contribution is 5.77. The summed E-state index contributed by atoms with van der Waals surface area (Å²) in [5.74, 6) is -5.55. The molecule has 0 saturated heterocycles. The second-order valence-corrected chi connectivity index (χ2v) is 7.11. The van der Waals surface area contributed by atoms with E-state index >= 15 is 0 Å². The average Bonchev–Trinajstić information content (AvgIpc) is 3.02. The largest absolute Gasteiger partial charge is 0.451 e. The van der Waals surface area contributed by atoms with E-state index in [1.165, 1.54) is 11.8 Å². The van der Waals surface area contributed by atoms with Gasteiger partial charge in [-0.1, -0.05) is 0 Å². The van der Waals surface area contributed by atoms with Crippen LogP contribution in [0.3, 0.4) is 0 Å². The molecule has 0 bridgehead atoms. The van der Waals surface area contributed by atoms with E-state index in [-0.39, 0.29) is 31.0 Å². The van der Waals surface area contributed by atoms with Gasteiger partial charge >= 0.3 is 6.18 Å². The molecule has 1 aliphatic heterocycles. The van der Waals surface area contributed by atoms with E-state index in [4.69, 9.17) is 0 Å². The second-order valence-electron chi connectivity index (χ2n) is 7.11. The van der Waals surface area contributed by atoms with E-state index in [1.54, 1.807) is 0 Å². The van der Waals surface area contributed by atoms with Gasteiger partial charge in [-0.15, -0.1) is 10.2 Å². The molecule has 1 amide bonds. The van der Waals surface area contributed by atoms with E-state index in [0.29, 0.717) is 12.1 Å². The number of benzene rings is 1. The molecule has 12 heteroatoms. The zero-order valence-corrected chi connectivity index (χ0v) is 15.1. The maximum atomic E-state index is 13.8. The van der Waals surface area contributed by atoms with E-state index in [9.17, 15) is 36.2 Å². The summed E-state index contributed by atoms with van der Waals surface area (Å²) in [6, 6.07) is 0.948. The number of carbonyl (C=O) groups is 1. The third kappa shape index (κ3) is 4.52. The molecule has 0 saturated carbocycles. The molecular formula is C17H16F6N4O2. The number of nitrogens with zero attached hydrogens (tertiary/aromatic N) is 4. The number of carbonyl (C=O) groups excluding carboxylic acids is 1. The van der Waals surface area contributed by atoms with Crippen LogP contribution in [0.25, 0.3) is 0 Å². The van der Waals surface area contributed by atoms with E-state index < -0.39 is 53.8 Å². The molecule has 1 atom stereocenters. The summed E-state index contributed by atoms with van der Waals surface area (Å²) in [6.07, 6.45) is -5.65. The second kappa shape index (κ2) is 7.32. The van der Waals surface area contributed by atoms with Gasteiger partial charge in [-0.25, -0.2) is 13.2 Å². The van der Waals surface area contributed by atoms with Crippen molar-refractivity contribution in [2.24, 2.45) is 0 Å². The van der Waals surface area contributed by atoms with Crippen LogP contribution in [-0.2, 0) is 30.5 Å². The zero-order chi connectivity index (χ0) is 21.6. The highest BCUT2D eigenvalue weighted by Crippen LogP contribution is 2.30. The van der Waals surface area contributed by atoms with Crippen molar-refractivity contribution in [2.75, 3.05) is 6.54 Å². The van der Waals surface area contributed by atoms with Crippen molar-refractivity contribution in [1.82, 2.24) is 19.7 Å². The maximum absolute atomic E-state index is 13.8. The fourth-order valence-electron chi connectivity index (χ4n) is 3.19. The molecule has 158 valence electrons. The van der Waals surface area contributed by atoms with Crippen LogP contribution < -0.4 is 0 Å². The molecule has 0 spiro atoms. The molecule has 3 rings (SSSR count). The van der Waals surface area contributed by atoms with Gasteiger partial charge < -0.3 is 14.6 Å². The number of halogens is 6. The van der Waals surface area contributed by atoms with Crippen LogP contribution in [-0.4, -0.2) is 42.8 Å². The lowest BCUT2D eigenvalue weighted by atomic mass is 9.92. The third-order valence-electron chi connectivity index (χ3n) is 4.55. The Labute approximate surface area is 160 Å². The highest BCUT2D eigenvalue weighted by atomic mass is 19.4. The summed E-state index contributed by atoms with van der Waals surface area (Å²) >= 11 is 0. The SMILES string of the molecule is C[C@](O)(CC(=O)N1CCn2c(nnc2C(F)(F)F)C1)Cc1cc(F)c(F)cc1F. The molecule has 6 nitrogen and oxygen atoms in total. The Morgan fingerprint density at radius 1 is 1.10 bits per heavy atom. The highest BCUT2D eigenvalue weighted by Gasteiger charge is 2.40. The quantitative estimate of drug-likeness (QED) is 0.607. The van der Waals surface area contributed by atoms with Crippen molar-refractivity contribution in [3.8, 4) is 0 Å². The summed E-state index contributed by atoms with van der Waals surface area (Å²) in [7, 11) is 0. The topological polar surface area (TPSA) is 71.2 Å². The Balaban J connectivity index is 1.69. The predicted molar refractivity (Wildman–Crippen MR) is 85.7 cm³/mol. The molecule has 0 unspecified atom stereocenters. The van der Waals surface area contributed by atoms with Gasteiger partial charge in [-0.3, -0.25) is 4.79 Å². The Morgan fingerprint density at radius 2 is 1.76 bits per heavy atom. The van der Waals surface area contributed by atoms with Gasteiger partial charge in [0.1, 0.15) is 5.82 Å². The minimum absolute atomic E-state index is 0.0526. The van der Waals surface area contributed by atoms with Gasteiger partial charge in [0.25, 0.3) is 0 Å². The molecule has 29 heavy (non-hydrogen) atoms. The number of aliphatic hydroxyl groups is 1. The Morgan fingerprint density at radius 3 is 2.41 bits per heavy atom. The zero-order valence-electron chi connectivity index (χ0n) is 15.1. The minimum Gasteiger partial charge on any atom is -0.389 e. The van der Waals surface area contributed by atoms with Gasteiger partial charge in [0.05, 0.1) is 18.6 Å². The first-order valence-electron chi connectivity index (χ1n) is 8.50. The van der Waals surface area contributed by atoms with Crippen molar-refractivity contribution < 1.29 is 36.2 Å². The van der Waals surface area contributed by atoms with Crippen LogP contribution in [0.15, 0.2) is 12.1 Å². The van der Waals surface area contributed by atoms with Crippen molar-refractivity contribution in [3.63, 3.8) is 0 Å². The van der Waals surface area contributed by atoms with Crippen LogP contribution >= 0.6 is 0 Å². The predicted octanol–water partition coefficient (Wildman–Crippen LogP) is 2.44. The van der Waals surface area contributed by atoms with Crippen LogP contribution in [0.5, 0.6) is 0 Å². The molecule has 1 aromatic carbocycles. The Kier molecular flexibility index (Phi) is 5.32. The lowest BCUT2D eigenvalue weighted by molar-refractivity contribution is -0.148. The van der Waals surface area contributed by atoms with Crippen LogP contribution in [0.1, 0.15) is 30.6 Å². The standard InChI is InChI=1S/C17H16F6N4O2/c1-16(29,6-9-4-11(19)12(20)5-10(9)18)7-14(28)26-2-3-27-13(8-26)24-25-15(27)17(21,22)23/h4-5,29H,2-3,6-8H2,1H3/t16-/m1/s1. The number of hydrogen-bond donors (Lipinski definition) is 1. The molecule has 1 aromatic heterocycles. The van der Waals surface area contributed by atoms with Gasteiger partial charge in [0, 0.05) is 25.6 Å². The number of amides is 1. The number of rotatable bonds is 4. The molecule has 2 aromatic rings. The van der Waals surface area contributed by atoms with E-state index in [2.05, 4.69) is 10.2 Å². The van der Waals surface area contributed by atoms with Crippen molar-refractivity contribution in [2.45, 2.75) is 44.6 Å². The smallest absolute Gasteiger partial charge is 0.389 e. The fraction of sp³-hybridized carbons (Fsp3) is 0.471. The van der Waals surface area contributed by atoms with Gasteiger partial charge in [-0.05, 0) is 18.6 Å². The number of fused-ring (bicyclic) bond motifs is 1.